The largest absolute Gasteiger partial charge is 0.339 e. The molecule has 1 N–H and O–H groups in total. The Bertz CT molecular complexity index is 634. The van der Waals surface area contributed by atoms with Gasteiger partial charge in [-0.1, -0.05) is 48.1 Å². The number of halogens is 4. The molecule has 1 heterocycles. The van der Waals surface area contributed by atoms with Crippen LogP contribution in [0, 0.1) is 0 Å². The zero-order valence-corrected chi connectivity index (χ0v) is 14.4. The lowest BCUT2D eigenvalue weighted by atomic mass is 10.2. The maximum absolute atomic E-state index is 6.22. The highest BCUT2D eigenvalue weighted by Crippen LogP contribution is 2.37. The fraction of sp³-hybridized carbons (Fsp3) is 0.231. The van der Waals surface area contributed by atoms with E-state index in [1.54, 1.807) is 0 Å². The van der Waals surface area contributed by atoms with E-state index in [2.05, 4.69) is 38.1 Å². The molecule has 20 heavy (non-hydrogen) atoms. The van der Waals surface area contributed by atoms with Crippen molar-refractivity contribution in [2.24, 2.45) is 0 Å². The number of hydrogen-bond donors (Lipinski definition) is 1. The summed E-state index contributed by atoms with van der Waals surface area (Å²) in [7, 11) is 0. The number of anilines is 2. The van der Waals surface area contributed by atoms with Crippen molar-refractivity contribution in [1.29, 1.82) is 0 Å². The number of aromatic nitrogens is 2. The summed E-state index contributed by atoms with van der Waals surface area (Å²) in [6, 6.07) is 3.64. The third-order valence-corrected chi connectivity index (χ3v) is 4.78. The van der Waals surface area contributed by atoms with Gasteiger partial charge in [0.05, 0.1) is 15.7 Å². The van der Waals surface area contributed by atoms with Gasteiger partial charge in [-0.05, 0) is 34.5 Å². The maximum atomic E-state index is 6.22. The highest BCUT2D eigenvalue weighted by molar-refractivity contribution is 9.10. The molecular weight excluding hydrogens is 384 g/mol. The molecule has 1 aromatic carbocycles. The third kappa shape index (κ3) is 3.37. The van der Waals surface area contributed by atoms with Gasteiger partial charge < -0.3 is 5.32 Å². The maximum Gasteiger partial charge on any atom is 0.138 e. The first-order valence-corrected chi connectivity index (χ1v) is 7.87. The molecule has 3 nitrogen and oxygen atoms in total. The number of benzene rings is 1. The topological polar surface area (TPSA) is 37.8 Å². The second-order valence-electron chi connectivity index (χ2n) is 4.09. The molecule has 0 aliphatic heterocycles. The number of nitrogens with zero attached hydrogens (tertiary/aromatic N) is 2. The van der Waals surface area contributed by atoms with E-state index in [0.29, 0.717) is 26.7 Å². The van der Waals surface area contributed by atoms with Gasteiger partial charge in [-0.3, -0.25) is 0 Å². The number of rotatable bonds is 4. The molecule has 0 amide bonds. The standard InChI is InChI=1S/C13H11BrCl3N3/c1-2-3-7-12(17)18-6-19-13(7)20-9-5-4-8(14)10(15)11(9)16/h4-6H,2-3H2,1H3,(H,18,19,20). The smallest absolute Gasteiger partial charge is 0.138 e. The van der Waals surface area contributed by atoms with Crippen molar-refractivity contribution in [3.8, 4) is 0 Å². The Balaban J connectivity index is 2.40. The molecule has 0 unspecified atom stereocenters. The minimum absolute atomic E-state index is 0.429. The number of hydrogen-bond acceptors (Lipinski definition) is 3. The molecule has 0 saturated heterocycles. The van der Waals surface area contributed by atoms with Gasteiger partial charge >= 0.3 is 0 Å². The summed E-state index contributed by atoms with van der Waals surface area (Å²) < 4.78 is 0.740. The van der Waals surface area contributed by atoms with Gasteiger partial charge in [-0.2, -0.15) is 0 Å². The lowest BCUT2D eigenvalue weighted by molar-refractivity contribution is 0.904. The van der Waals surface area contributed by atoms with Gasteiger partial charge in [-0.15, -0.1) is 0 Å². The molecule has 2 rings (SSSR count). The molecular formula is C13H11BrCl3N3. The van der Waals surface area contributed by atoms with Crippen LogP contribution in [-0.4, -0.2) is 9.97 Å². The summed E-state index contributed by atoms with van der Waals surface area (Å²) >= 11 is 21.8. The molecule has 106 valence electrons. The van der Waals surface area contributed by atoms with Crippen LogP contribution in [0.3, 0.4) is 0 Å². The SMILES string of the molecule is CCCc1c(Cl)ncnc1Nc1ccc(Br)c(Cl)c1Cl. The van der Waals surface area contributed by atoms with Crippen LogP contribution in [0.1, 0.15) is 18.9 Å². The lowest BCUT2D eigenvalue weighted by Crippen LogP contribution is -2.02. The van der Waals surface area contributed by atoms with Crippen LogP contribution in [0.4, 0.5) is 11.5 Å². The second kappa shape index (κ2) is 6.94. The highest BCUT2D eigenvalue weighted by Gasteiger charge is 2.13. The van der Waals surface area contributed by atoms with E-state index >= 15 is 0 Å². The molecule has 0 spiro atoms. The van der Waals surface area contributed by atoms with Crippen LogP contribution in [0.5, 0.6) is 0 Å². The lowest BCUT2D eigenvalue weighted by Gasteiger charge is -2.13. The van der Waals surface area contributed by atoms with E-state index in [1.165, 1.54) is 6.33 Å². The minimum atomic E-state index is 0.429. The van der Waals surface area contributed by atoms with Crippen molar-refractivity contribution in [1.82, 2.24) is 9.97 Å². The molecule has 0 saturated carbocycles. The van der Waals surface area contributed by atoms with Gasteiger partial charge in [0, 0.05) is 10.0 Å². The predicted molar refractivity (Wildman–Crippen MR) is 88.5 cm³/mol. The Labute approximate surface area is 140 Å². The Morgan fingerprint density at radius 2 is 1.90 bits per heavy atom. The van der Waals surface area contributed by atoms with E-state index in [0.717, 1.165) is 22.9 Å². The van der Waals surface area contributed by atoms with Crippen LogP contribution in [0.15, 0.2) is 22.9 Å². The first kappa shape index (κ1) is 15.8. The Kier molecular flexibility index (Phi) is 5.49. The fourth-order valence-electron chi connectivity index (χ4n) is 1.72. The minimum Gasteiger partial charge on any atom is -0.339 e. The Hall–Kier alpha value is -0.550. The van der Waals surface area contributed by atoms with Crippen molar-refractivity contribution in [2.45, 2.75) is 19.8 Å². The summed E-state index contributed by atoms with van der Waals surface area (Å²) in [6.07, 6.45) is 3.14. The van der Waals surface area contributed by atoms with Crippen LogP contribution in [0.25, 0.3) is 0 Å². The van der Waals surface area contributed by atoms with Crippen LogP contribution in [-0.2, 0) is 6.42 Å². The zero-order valence-electron chi connectivity index (χ0n) is 10.6. The molecule has 0 bridgehead atoms. The molecule has 0 aliphatic carbocycles. The third-order valence-electron chi connectivity index (χ3n) is 2.68. The van der Waals surface area contributed by atoms with Crippen molar-refractivity contribution >= 4 is 62.2 Å². The Morgan fingerprint density at radius 1 is 1.15 bits per heavy atom. The summed E-state index contributed by atoms with van der Waals surface area (Å²) in [4.78, 5) is 8.23. The first-order valence-electron chi connectivity index (χ1n) is 5.94. The average Bonchev–Trinajstić information content (AvgIpc) is 2.43. The van der Waals surface area contributed by atoms with E-state index in [9.17, 15) is 0 Å². The summed E-state index contributed by atoms with van der Waals surface area (Å²) in [5, 5.41) is 4.49. The summed E-state index contributed by atoms with van der Waals surface area (Å²) in [6.45, 7) is 2.07. The predicted octanol–water partition coefficient (Wildman–Crippen LogP) is 5.90. The highest BCUT2D eigenvalue weighted by atomic mass is 79.9. The summed E-state index contributed by atoms with van der Waals surface area (Å²) in [5.41, 5.74) is 1.54. The van der Waals surface area contributed by atoms with E-state index < -0.39 is 0 Å². The monoisotopic (exact) mass is 393 g/mol. The van der Waals surface area contributed by atoms with Gasteiger partial charge in [0.25, 0.3) is 0 Å². The van der Waals surface area contributed by atoms with Crippen LogP contribution >= 0.6 is 50.7 Å². The van der Waals surface area contributed by atoms with Crippen LogP contribution < -0.4 is 5.32 Å². The molecule has 7 heteroatoms. The molecule has 0 radical (unpaired) electrons. The van der Waals surface area contributed by atoms with Gasteiger partial charge in [0.15, 0.2) is 0 Å². The van der Waals surface area contributed by atoms with Crippen LogP contribution in [0.2, 0.25) is 15.2 Å². The van der Waals surface area contributed by atoms with E-state index in [-0.39, 0.29) is 0 Å². The molecule has 2 aromatic rings. The first-order chi connectivity index (χ1) is 9.54. The second-order valence-corrected chi connectivity index (χ2v) is 6.06. The molecule has 0 fully saturated rings. The van der Waals surface area contributed by atoms with Crippen molar-refractivity contribution < 1.29 is 0 Å². The van der Waals surface area contributed by atoms with Crippen molar-refractivity contribution in [3.63, 3.8) is 0 Å². The molecule has 0 atom stereocenters. The normalized spacial score (nSPS) is 10.7. The van der Waals surface area contributed by atoms with Gasteiger partial charge in [0.1, 0.15) is 17.3 Å². The molecule has 0 aliphatic rings. The quantitative estimate of drug-likeness (QED) is 0.518. The summed E-state index contributed by atoms with van der Waals surface area (Å²) in [5.74, 6) is 0.645. The van der Waals surface area contributed by atoms with Gasteiger partial charge in [-0.25, -0.2) is 9.97 Å². The van der Waals surface area contributed by atoms with E-state index in [4.69, 9.17) is 34.8 Å². The molecule has 1 aromatic heterocycles. The number of nitrogens with one attached hydrogen (secondary N) is 1. The van der Waals surface area contributed by atoms with Crippen molar-refractivity contribution in [2.75, 3.05) is 5.32 Å². The average molecular weight is 396 g/mol. The Morgan fingerprint density at radius 3 is 2.60 bits per heavy atom. The zero-order chi connectivity index (χ0) is 14.7. The van der Waals surface area contributed by atoms with E-state index in [1.807, 2.05) is 12.1 Å². The van der Waals surface area contributed by atoms with Gasteiger partial charge in [0.2, 0.25) is 0 Å². The fourth-order valence-corrected chi connectivity index (χ4v) is 2.77. The van der Waals surface area contributed by atoms with Crippen molar-refractivity contribution in [3.05, 3.63) is 43.7 Å².